The Kier molecular flexibility index (Phi) is 3.06. The molecule has 3 rings (SSSR count). The second-order valence-corrected chi connectivity index (χ2v) is 4.97. The number of fused-ring (bicyclic) bond motifs is 3. The number of benzene rings is 2. The average molecular weight is 237 g/mol. The fraction of sp³-hybridized carbons (Fsp3) is 0.294. The van der Waals surface area contributed by atoms with Crippen LogP contribution in [0.4, 0.5) is 0 Å². The van der Waals surface area contributed by atoms with E-state index in [1.165, 1.54) is 53.1 Å². The number of nitrogens with one attached hydrogen (secondary N) is 1. The maximum Gasteiger partial charge on any atom is 0.0497 e. The number of aromatic nitrogens is 1. The van der Waals surface area contributed by atoms with Crippen LogP contribution in [-0.4, -0.2) is 4.98 Å². The van der Waals surface area contributed by atoms with Gasteiger partial charge in [-0.3, -0.25) is 0 Å². The predicted octanol–water partition coefficient (Wildman–Crippen LogP) is 5.05. The van der Waals surface area contributed by atoms with E-state index in [4.69, 9.17) is 0 Å². The van der Waals surface area contributed by atoms with Crippen LogP contribution in [-0.2, 0) is 6.42 Å². The first-order valence-electron chi connectivity index (χ1n) is 6.88. The smallest absolute Gasteiger partial charge is 0.0497 e. The van der Waals surface area contributed by atoms with E-state index >= 15 is 0 Å². The van der Waals surface area contributed by atoms with Crippen molar-refractivity contribution in [3.63, 3.8) is 0 Å². The van der Waals surface area contributed by atoms with Gasteiger partial charge < -0.3 is 4.98 Å². The molecule has 18 heavy (non-hydrogen) atoms. The van der Waals surface area contributed by atoms with Gasteiger partial charge >= 0.3 is 0 Å². The highest BCUT2D eigenvalue weighted by atomic mass is 14.7. The molecule has 1 heteroatoms. The molecule has 0 saturated heterocycles. The first-order chi connectivity index (χ1) is 8.90. The van der Waals surface area contributed by atoms with Gasteiger partial charge in [-0.15, -0.1) is 0 Å². The molecule has 0 atom stereocenters. The second-order valence-electron chi connectivity index (χ2n) is 4.97. The lowest BCUT2D eigenvalue weighted by Gasteiger charge is -2.02. The topological polar surface area (TPSA) is 15.8 Å². The molecule has 0 radical (unpaired) electrons. The van der Waals surface area contributed by atoms with Gasteiger partial charge in [0.1, 0.15) is 0 Å². The minimum Gasteiger partial charge on any atom is -0.354 e. The summed E-state index contributed by atoms with van der Waals surface area (Å²) in [6, 6.07) is 15.2. The summed E-state index contributed by atoms with van der Waals surface area (Å²) in [7, 11) is 0. The van der Waals surface area contributed by atoms with Gasteiger partial charge in [0.05, 0.1) is 0 Å². The molecule has 0 bridgehead atoms. The Morgan fingerprint density at radius 1 is 0.889 bits per heavy atom. The molecule has 0 aliphatic rings. The van der Waals surface area contributed by atoms with Gasteiger partial charge in [0, 0.05) is 21.8 Å². The van der Waals surface area contributed by atoms with E-state index in [9.17, 15) is 0 Å². The molecule has 2 aromatic carbocycles. The van der Waals surface area contributed by atoms with E-state index in [0.29, 0.717) is 0 Å². The molecular weight excluding hydrogens is 218 g/mol. The van der Waals surface area contributed by atoms with Crippen LogP contribution in [0.25, 0.3) is 21.8 Å². The summed E-state index contributed by atoms with van der Waals surface area (Å²) in [5.74, 6) is 0. The lowest BCUT2D eigenvalue weighted by molar-refractivity contribution is 0.719. The zero-order valence-electron chi connectivity index (χ0n) is 10.9. The summed E-state index contributed by atoms with van der Waals surface area (Å²) in [4.78, 5) is 3.57. The highest BCUT2D eigenvalue weighted by molar-refractivity contribution is 6.08. The van der Waals surface area contributed by atoms with E-state index in [1.807, 2.05) is 0 Å². The maximum atomic E-state index is 3.57. The van der Waals surface area contributed by atoms with Crippen LogP contribution in [0, 0.1) is 0 Å². The summed E-state index contributed by atoms with van der Waals surface area (Å²) >= 11 is 0. The quantitative estimate of drug-likeness (QED) is 0.611. The minimum absolute atomic E-state index is 1.18. The maximum absolute atomic E-state index is 3.57. The zero-order valence-corrected chi connectivity index (χ0v) is 10.9. The van der Waals surface area contributed by atoms with Crippen molar-refractivity contribution in [2.24, 2.45) is 0 Å². The standard InChI is InChI=1S/C17H19N/c1-2-3-4-8-13-9-7-11-15-14-10-5-6-12-16(14)18-17(13)15/h5-7,9-12,18H,2-4,8H2,1H3. The van der Waals surface area contributed by atoms with E-state index in [0.717, 1.165) is 0 Å². The number of aryl methyl sites for hydroxylation is 1. The fourth-order valence-corrected chi connectivity index (χ4v) is 2.71. The van der Waals surface area contributed by atoms with Crippen molar-refractivity contribution in [3.8, 4) is 0 Å². The van der Waals surface area contributed by atoms with E-state index in [1.54, 1.807) is 0 Å². The SMILES string of the molecule is CCCCCc1cccc2c1[nH]c1ccccc12. The van der Waals surface area contributed by atoms with Gasteiger partial charge in [-0.2, -0.15) is 0 Å². The second kappa shape index (κ2) is 4.85. The molecule has 0 fully saturated rings. The Bertz CT molecular complexity index is 663. The van der Waals surface area contributed by atoms with Gasteiger partial charge in [0.25, 0.3) is 0 Å². The molecule has 1 N–H and O–H groups in total. The van der Waals surface area contributed by atoms with Gasteiger partial charge in [0.2, 0.25) is 0 Å². The minimum atomic E-state index is 1.18. The van der Waals surface area contributed by atoms with Crippen molar-refractivity contribution >= 4 is 21.8 Å². The molecule has 0 spiro atoms. The zero-order chi connectivity index (χ0) is 12.4. The summed E-state index contributed by atoms with van der Waals surface area (Å²) in [5, 5.41) is 2.70. The van der Waals surface area contributed by atoms with Crippen LogP contribution >= 0.6 is 0 Å². The number of aromatic amines is 1. The first-order valence-corrected chi connectivity index (χ1v) is 6.88. The number of H-pyrrole nitrogens is 1. The third-order valence-corrected chi connectivity index (χ3v) is 3.68. The van der Waals surface area contributed by atoms with Crippen molar-refractivity contribution in [1.82, 2.24) is 4.98 Å². The molecule has 0 amide bonds. The van der Waals surface area contributed by atoms with Gasteiger partial charge in [-0.25, -0.2) is 0 Å². The Hall–Kier alpha value is -1.76. The summed E-state index contributed by atoms with van der Waals surface area (Å²) < 4.78 is 0. The number of unbranched alkanes of at least 4 members (excludes halogenated alkanes) is 2. The van der Waals surface area contributed by atoms with Crippen LogP contribution in [0.2, 0.25) is 0 Å². The van der Waals surface area contributed by atoms with Crippen molar-refractivity contribution in [1.29, 1.82) is 0 Å². The van der Waals surface area contributed by atoms with Crippen LogP contribution < -0.4 is 0 Å². The number of hydrogen-bond acceptors (Lipinski definition) is 0. The Morgan fingerprint density at radius 3 is 2.61 bits per heavy atom. The first kappa shape index (κ1) is 11.3. The molecule has 0 aliphatic carbocycles. The predicted molar refractivity (Wildman–Crippen MR) is 79.0 cm³/mol. The number of rotatable bonds is 4. The van der Waals surface area contributed by atoms with Gasteiger partial charge in [-0.05, 0) is 24.5 Å². The highest BCUT2D eigenvalue weighted by Crippen LogP contribution is 2.28. The summed E-state index contributed by atoms with van der Waals surface area (Å²) in [6.45, 7) is 2.25. The number of para-hydroxylation sites is 2. The normalized spacial score (nSPS) is 11.4. The van der Waals surface area contributed by atoms with Crippen LogP contribution in [0.15, 0.2) is 42.5 Å². The van der Waals surface area contributed by atoms with Crippen LogP contribution in [0.5, 0.6) is 0 Å². The van der Waals surface area contributed by atoms with E-state index in [-0.39, 0.29) is 0 Å². The molecule has 0 saturated carbocycles. The molecule has 0 aliphatic heterocycles. The molecule has 3 aromatic rings. The van der Waals surface area contributed by atoms with Crippen molar-refractivity contribution in [2.75, 3.05) is 0 Å². The van der Waals surface area contributed by atoms with E-state index < -0.39 is 0 Å². The van der Waals surface area contributed by atoms with Crippen molar-refractivity contribution < 1.29 is 0 Å². The fourth-order valence-electron chi connectivity index (χ4n) is 2.71. The van der Waals surface area contributed by atoms with Crippen molar-refractivity contribution in [2.45, 2.75) is 32.6 Å². The average Bonchev–Trinajstić information content (AvgIpc) is 2.79. The molecule has 1 heterocycles. The molecule has 1 aromatic heterocycles. The molecule has 92 valence electrons. The van der Waals surface area contributed by atoms with Gasteiger partial charge in [0.15, 0.2) is 0 Å². The lowest BCUT2D eigenvalue weighted by Crippen LogP contribution is -1.87. The van der Waals surface area contributed by atoms with E-state index in [2.05, 4.69) is 54.4 Å². The third kappa shape index (κ3) is 1.90. The molecule has 0 unspecified atom stereocenters. The summed E-state index contributed by atoms with van der Waals surface area (Å²) in [5.41, 5.74) is 4.03. The largest absolute Gasteiger partial charge is 0.354 e. The Labute approximate surface area is 108 Å². The summed E-state index contributed by atoms with van der Waals surface area (Å²) in [6.07, 6.45) is 5.06. The monoisotopic (exact) mass is 237 g/mol. The van der Waals surface area contributed by atoms with Gasteiger partial charge in [-0.1, -0.05) is 56.2 Å². The van der Waals surface area contributed by atoms with Crippen LogP contribution in [0.3, 0.4) is 0 Å². The molecular formula is C17H19N. The Balaban J connectivity index is 2.09. The highest BCUT2D eigenvalue weighted by Gasteiger charge is 2.06. The van der Waals surface area contributed by atoms with Crippen LogP contribution in [0.1, 0.15) is 31.7 Å². The molecule has 1 nitrogen and oxygen atoms in total. The Morgan fingerprint density at radius 2 is 1.72 bits per heavy atom. The number of hydrogen-bond donors (Lipinski definition) is 1. The third-order valence-electron chi connectivity index (χ3n) is 3.68. The van der Waals surface area contributed by atoms with Crippen molar-refractivity contribution in [3.05, 3.63) is 48.0 Å². The lowest BCUT2D eigenvalue weighted by atomic mass is 10.0.